The smallest absolute Gasteiger partial charge is 0.193 e. The fourth-order valence-corrected chi connectivity index (χ4v) is 2.56. The summed E-state index contributed by atoms with van der Waals surface area (Å²) >= 11 is 3.45. The Morgan fingerprint density at radius 3 is 2.62 bits per heavy atom. The average Bonchev–Trinajstić information content (AvgIpc) is 2.45. The normalized spacial score (nSPS) is 10.4. The van der Waals surface area contributed by atoms with E-state index in [9.17, 15) is 4.79 Å². The Morgan fingerprint density at radius 2 is 2.00 bits per heavy atom. The van der Waals surface area contributed by atoms with Crippen molar-refractivity contribution in [2.45, 2.75) is 20.3 Å². The fourth-order valence-electron chi connectivity index (χ4n) is 2.07. The molecule has 0 bridgehead atoms. The van der Waals surface area contributed by atoms with E-state index >= 15 is 0 Å². The summed E-state index contributed by atoms with van der Waals surface area (Å²) < 4.78 is 6.38. The monoisotopic (exact) mass is 347 g/mol. The van der Waals surface area contributed by atoms with E-state index in [1.807, 2.05) is 13.0 Å². The average molecular weight is 348 g/mol. The van der Waals surface area contributed by atoms with Crippen molar-refractivity contribution in [2.75, 3.05) is 12.3 Å². The van der Waals surface area contributed by atoms with Crippen LogP contribution in [0.15, 0.2) is 40.9 Å². The Hall–Kier alpha value is -1.81. The molecule has 0 atom stereocenters. The van der Waals surface area contributed by atoms with E-state index in [4.69, 9.17) is 10.5 Å². The van der Waals surface area contributed by atoms with Crippen molar-refractivity contribution >= 4 is 27.4 Å². The van der Waals surface area contributed by atoms with Crippen LogP contribution < -0.4 is 10.5 Å². The van der Waals surface area contributed by atoms with Gasteiger partial charge in [-0.15, -0.1) is 0 Å². The van der Waals surface area contributed by atoms with Gasteiger partial charge in [0.15, 0.2) is 5.78 Å². The zero-order chi connectivity index (χ0) is 15.4. The Labute approximate surface area is 133 Å². The second kappa shape index (κ2) is 6.76. The number of nitrogen functional groups attached to an aromatic ring is 1. The summed E-state index contributed by atoms with van der Waals surface area (Å²) in [4.78, 5) is 12.6. The van der Waals surface area contributed by atoms with E-state index in [0.29, 0.717) is 23.4 Å². The number of hydrogen-bond acceptors (Lipinski definition) is 3. The molecule has 0 aliphatic heterocycles. The van der Waals surface area contributed by atoms with Crippen molar-refractivity contribution in [3.63, 3.8) is 0 Å². The third kappa shape index (κ3) is 3.64. The van der Waals surface area contributed by atoms with Crippen LogP contribution in [0.3, 0.4) is 0 Å². The van der Waals surface area contributed by atoms with Gasteiger partial charge in [-0.05, 0) is 71.2 Å². The second-order valence-corrected chi connectivity index (χ2v) is 5.75. The molecule has 110 valence electrons. The van der Waals surface area contributed by atoms with E-state index in [2.05, 4.69) is 22.9 Å². The number of benzene rings is 2. The maximum Gasteiger partial charge on any atom is 0.193 e. The molecule has 0 heterocycles. The molecule has 0 aliphatic carbocycles. The van der Waals surface area contributed by atoms with Gasteiger partial charge in [0.25, 0.3) is 0 Å². The number of ether oxygens (including phenoxy) is 1. The molecule has 0 radical (unpaired) electrons. The van der Waals surface area contributed by atoms with Gasteiger partial charge in [-0.25, -0.2) is 0 Å². The molecule has 0 aromatic heterocycles. The number of nitrogens with two attached hydrogens (primary N) is 1. The first-order valence-electron chi connectivity index (χ1n) is 6.86. The van der Waals surface area contributed by atoms with Crippen LogP contribution in [0.2, 0.25) is 0 Å². The van der Waals surface area contributed by atoms with Crippen molar-refractivity contribution < 1.29 is 9.53 Å². The fraction of sp³-hybridized carbons (Fsp3) is 0.235. The standard InChI is InChI=1S/C17H18BrNO2/c1-3-8-21-16-7-4-12(10-15(16)18)17(20)14-6-5-13(19)9-11(14)2/h4-7,9-10H,3,8,19H2,1-2H3. The Morgan fingerprint density at radius 1 is 1.24 bits per heavy atom. The highest BCUT2D eigenvalue weighted by Gasteiger charge is 2.13. The summed E-state index contributed by atoms with van der Waals surface area (Å²) in [6, 6.07) is 10.7. The maximum atomic E-state index is 12.6. The van der Waals surface area contributed by atoms with Crippen LogP contribution in [-0.2, 0) is 0 Å². The quantitative estimate of drug-likeness (QED) is 0.645. The van der Waals surface area contributed by atoms with E-state index in [1.165, 1.54) is 0 Å². The van der Waals surface area contributed by atoms with E-state index in [1.54, 1.807) is 30.3 Å². The van der Waals surface area contributed by atoms with Crippen molar-refractivity contribution in [3.05, 3.63) is 57.6 Å². The van der Waals surface area contributed by atoms with Gasteiger partial charge in [0, 0.05) is 16.8 Å². The molecule has 0 saturated heterocycles. The second-order valence-electron chi connectivity index (χ2n) is 4.90. The van der Waals surface area contributed by atoms with Gasteiger partial charge in [0.2, 0.25) is 0 Å². The molecular weight excluding hydrogens is 330 g/mol. The number of ketones is 1. The first-order chi connectivity index (χ1) is 10.0. The van der Waals surface area contributed by atoms with E-state index < -0.39 is 0 Å². The van der Waals surface area contributed by atoms with Gasteiger partial charge in [0.1, 0.15) is 5.75 Å². The predicted octanol–water partition coefficient (Wildman–Crippen LogP) is 4.36. The molecule has 2 rings (SSSR count). The summed E-state index contributed by atoms with van der Waals surface area (Å²) in [5, 5.41) is 0. The van der Waals surface area contributed by atoms with Crippen molar-refractivity contribution in [3.8, 4) is 5.75 Å². The third-order valence-electron chi connectivity index (χ3n) is 3.15. The van der Waals surface area contributed by atoms with Crippen molar-refractivity contribution in [2.24, 2.45) is 0 Å². The Kier molecular flexibility index (Phi) is 5.02. The summed E-state index contributed by atoms with van der Waals surface area (Å²) in [5.41, 5.74) is 8.55. The van der Waals surface area contributed by atoms with Gasteiger partial charge in [0.05, 0.1) is 11.1 Å². The molecule has 0 amide bonds. The predicted molar refractivity (Wildman–Crippen MR) is 89.0 cm³/mol. The summed E-state index contributed by atoms with van der Waals surface area (Å²) in [5.74, 6) is 0.734. The number of aryl methyl sites for hydroxylation is 1. The molecule has 21 heavy (non-hydrogen) atoms. The van der Waals surface area contributed by atoms with E-state index in [-0.39, 0.29) is 5.78 Å². The first kappa shape index (κ1) is 15.6. The zero-order valence-corrected chi connectivity index (χ0v) is 13.7. The Bertz CT molecular complexity index is 668. The summed E-state index contributed by atoms with van der Waals surface area (Å²) in [6.45, 7) is 4.59. The lowest BCUT2D eigenvalue weighted by Crippen LogP contribution is -2.05. The molecule has 0 spiro atoms. The van der Waals surface area contributed by atoms with Crippen LogP contribution in [0.1, 0.15) is 34.8 Å². The highest BCUT2D eigenvalue weighted by atomic mass is 79.9. The van der Waals surface area contributed by atoms with Crippen LogP contribution in [0.4, 0.5) is 5.69 Å². The Balaban J connectivity index is 2.29. The molecule has 4 heteroatoms. The number of anilines is 1. The molecule has 0 aliphatic rings. The van der Waals surface area contributed by atoms with Crippen molar-refractivity contribution in [1.82, 2.24) is 0 Å². The van der Waals surface area contributed by atoms with Gasteiger partial charge >= 0.3 is 0 Å². The van der Waals surface area contributed by atoms with Gasteiger partial charge in [-0.1, -0.05) is 6.92 Å². The molecular formula is C17H18BrNO2. The van der Waals surface area contributed by atoms with Crippen LogP contribution in [0, 0.1) is 6.92 Å². The highest BCUT2D eigenvalue weighted by molar-refractivity contribution is 9.10. The van der Waals surface area contributed by atoms with Crippen molar-refractivity contribution in [1.29, 1.82) is 0 Å². The summed E-state index contributed by atoms with van der Waals surface area (Å²) in [7, 11) is 0. The van der Waals surface area contributed by atoms with Gasteiger partial charge < -0.3 is 10.5 Å². The van der Waals surface area contributed by atoms with E-state index in [0.717, 1.165) is 22.2 Å². The highest BCUT2D eigenvalue weighted by Crippen LogP contribution is 2.27. The molecule has 2 aromatic carbocycles. The maximum absolute atomic E-state index is 12.6. The zero-order valence-electron chi connectivity index (χ0n) is 12.2. The lowest BCUT2D eigenvalue weighted by molar-refractivity contribution is 0.103. The number of rotatable bonds is 5. The van der Waals surface area contributed by atoms with Crippen LogP contribution >= 0.6 is 15.9 Å². The number of carbonyl (C=O) groups excluding carboxylic acids is 1. The first-order valence-corrected chi connectivity index (χ1v) is 7.65. The SMILES string of the molecule is CCCOc1ccc(C(=O)c2ccc(N)cc2C)cc1Br. The minimum atomic E-state index is -0.0183. The summed E-state index contributed by atoms with van der Waals surface area (Å²) in [6.07, 6.45) is 0.942. The van der Waals surface area contributed by atoms with Gasteiger partial charge in [-0.2, -0.15) is 0 Å². The molecule has 3 nitrogen and oxygen atoms in total. The molecule has 0 unspecified atom stereocenters. The number of carbonyl (C=O) groups is 1. The van der Waals surface area contributed by atoms with Gasteiger partial charge in [-0.3, -0.25) is 4.79 Å². The van der Waals surface area contributed by atoms with Crippen LogP contribution in [-0.4, -0.2) is 12.4 Å². The van der Waals surface area contributed by atoms with Crippen LogP contribution in [0.5, 0.6) is 5.75 Å². The molecule has 2 aromatic rings. The molecule has 0 saturated carbocycles. The minimum Gasteiger partial charge on any atom is -0.492 e. The van der Waals surface area contributed by atoms with Crippen LogP contribution in [0.25, 0.3) is 0 Å². The minimum absolute atomic E-state index is 0.0183. The number of hydrogen-bond donors (Lipinski definition) is 1. The molecule has 2 N–H and O–H groups in total. The third-order valence-corrected chi connectivity index (χ3v) is 3.77. The lowest BCUT2D eigenvalue weighted by Gasteiger charge is -2.10. The topological polar surface area (TPSA) is 52.3 Å². The lowest BCUT2D eigenvalue weighted by atomic mass is 9.98. The number of halogens is 1. The molecule has 0 fully saturated rings. The largest absolute Gasteiger partial charge is 0.492 e.